The lowest BCUT2D eigenvalue weighted by atomic mass is 9.49. The summed E-state index contributed by atoms with van der Waals surface area (Å²) in [6, 6.07) is 18.0. The number of allylic oxidation sites excluding steroid dienone is 3. The van der Waals surface area contributed by atoms with E-state index in [2.05, 4.69) is 77.5 Å². The number of thiophene rings is 1. The Morgan fingerprint density at radius 3 is 2.75 bits per heavy atom. The predicted octanol–water partition coefficient (Wildman–Crippen LogP) is 7.98. The van der Waals surface area contributed by atoms with Gasteiger partial charge in [0.05, 0.1) is 0 Å². The maximum Gasteiger partial charge on any atom is 0.130 e. The quantitative estimate of drug-likeness (QED) is 0.362. The van der Waals surface area contributed by atoms with Crippen molar-refractivity contribution in [1.82, 2.24) is 0 Å². The average Bonchev–Trinajstić information content (AvgIpc) is 3.53. The Bertz CT molecular complexity index is 1200. The van der Waals surface area contributed by atoms with Crippen molar-refractivity contribution in [1.29, 1.82) is 0 Å². The lowest BCUT2D eigenvalue weighted by Gasteiger charge is -2.59. The molecule has 0 saturated heterocycles. The van der Waals surface area contributed by atoms with Crippen molar-refractivity contribution in [2.24, 2.45) is 17.3 Å². The van der Waals surface area contributed by atoms with Crippen LogP contribution in [0.5, 0.6) is 5.75 Å². The zero-order valence-electron chi connectivity index (χ0n) is 18.2. The summed E-state index contributed by atoms with van der Waals surface area (Å²) < 4.78 is 7.19. The summed E-state index contributed by atoms with van der Waals surface area (Å²) in [6.07, 6.45) is 13.7. The van der Waals surface area contributed by atoms with Crippen LogP contribution >= 0.6 is 23.1 Å². The number of ether oxygens (including phenoxy) is 1. The van der Waals surface area contributed by atoms with Crippen LogP contribution in [0.2, 0.25) is 0 Å². The van der Waals surface area contributed by atoms with Crippen molar-refractivity contribution >= 4 is 33.9 Å². The van der Waals surface area contributed by atoms with Gasteiger partial charge in [0.1, 0.15) is 11.9 Å². The van der Waals surface area contributed by atoms with Crippen LogP contribution in [0.15, 0.2) is 77.5 Å². The van der Waals surface area contributed by atoms with Gasteiger partial charge in [-0.1, -0.05) is 60.7 Å². The molecule has 1 fully saturated rings. The first-order chi connectivity index (χ1) is 15.8. The zero-order valence-corrected chi connectivity index (χ0v) is 19.8. The standard InChI is InChI=1S/C29H28OS2/c1-2-9-24-19(6-1)12-13-20-18-29(28(30-27(20)24)26-11-5-15-32-26)22-7-3-8-23(29)17-21(16-22)25-10-4-14-31-25/h1-7,9-10,12-15,21-23,26,28H,8,11,16-18H2. The minimum atomic E-state index is 0.210. The van der Waals surface area contributed by atoms with Gasteiger partial charge >= 0.3 is 0 Å². The van der Waals surface area contributed by atoms with Crippen LogP contribution in [0.4, 0.5) is 0 Å². The number of hydrogen-bond donors (Lipinski definition) is 0. The monoisotopic (exact) mass is 456 g/mol. The smallest absolute Gasteiger partial charge is 0.130 e. The molecule has 2 aliphatic carbocycles. The van der Waals surface area contributed by atoms with Gasteiger partial charge in [0.15, 0.2) is 0 Å². The van der Waals surface area contributed by atoms with Crippen LogP contribution in [0.25, 0.3) is 10.8 Å². The number of thioether (sulfide) groups is 1. The minimum Gasteiger partial charge on any atom is -0.488 e. The number of rotatable bonds is 2. The van der Waals surface area contributed by atoms with E-state index in [1.165, 1.54) is 35.6 Å². The molecule has 7 rings (SSSR count). The van der Waals surface area contributed by atoms with Crippen LogP contribution in [-0.2, 0) is 6.42 Å². The third-order valence-electron chi connectivity index (χ3n) is 8.58. The molecule has 0 amide bonds. The molecular formula is C29H28OS2. The first-order valence-electron chi connectivity index (χ1n) is 12.0. The van der Waals surface area contributed by atoms with Crippen LogP contribution in [0.1, 0.15) is 42.0 Å². The van der Waals surface area contributed by atoms with Crippen molar-refractivity contribution in [3.05, 3.63) is 88.0 Å². The fraction of sp³-hybridized carbons (Fsp3) is 0.379. The van der Waals surface area contributed by atoms with Crippen molar-refractivity contribution in [2.75, 3.05) is 0 Å². The van der Waals surface area contributed by atoms with Gasteiger partial charge in [-0.05, 0) is 77.7 Å². The minimum absolute atomic E-state index is 0.210. The fourth-order valence-electron chi connectivity index (χ4n) is 7.20. The normalized spacial score (nSPS) is 35.2. The molecule has 0 N–H and O–H groups in total. The summed E-state index contributed by atoms with van der Waals surface area (Å²) in [6.45, 7) is 0. The second kappa shape index (κ2) is 7.53. The van der Waals surface area contributed by atoms with E-state index in [1.807, 2.05) is 23.1 Å². The van der Waals surface area contributed by atoms with E-state index >= 15 is 0 Å². The Hall–Kier alpha value is -1.97. The average molecular weight is 457 g/mol. The number of benzene rings is 2. The molecule has 32 heavy (non-hydrogen) atoms. The van der Waals surface area contributed by atoms with Crippen molar-refractivity contribution in [2.45, 2.75) is 49.4 Å². The van der Waals surface area contributed by atoms with Crippen molar-refractivity contribution in [3.63, 3.8) is 0 Å². The molecule has 162 valence electrons. The lowest BCUT2D eigenvalue weighted by Crippen LogP contribution is -2.60. The topological polar surface area (TPSA) is 9.23 Å². The molecule has 2 bridgehead atoms. The first kappa shape index (κ1) is 19.5. The zero-order chi connectivity index (χ0) is 21.1. The Kier molecular flexibility index (Phi) is 4.59. The molecule has 1 aromatic heterocycles. The second-order valence-electron chi connectivity index (χ2n) is 10.0. The van der Waals surface area contributed by atoms with E-state index in [-0.39, 0.29) is 11.5 Å². The van der Waals surface area contributed by atoms with Gasteiger partial charge in [-0.15, -0.1) is 23.1 Å². The molecule has 1 nitrogen and oxygen atoms in total. The molecule has 4 aliphatic rings. The molecule has 2 aliphatic heterocycles. The number of fused-ring (bicyclic) bond motifs is 3. The summed E-state index contributed by atoms with van der Waals surface area (Å²) in [4.78, 5) is 1.58. The lowest BCUT2D eigenvalue weighted by molar-refractivity contribution is -0.0822. The van der Waals surface area contributed by atoms with E-state index in [4.69, 9.17) is 4.74 Å². The summed E-state index contributed by atoms with van der Waals surface area (Å²) in [7, 11) is 0. The molecule has 3 aromatic rings. The Labute approximate surface area is 198 Å². The van der Waals surface area contributed by atoms with Crippen LogP contribution < -0.4 is 4.74 Å². The summed E-state index contributed by atoms with van der Waals surface area (Å²) in [5.74, 6) is 3.14. The van der Waals surface area contributed by atoms with Crippen LogP contribution in [-0.4, -0.2) is 11.4 Å². The summed E-state index contributed by atoms with van der Waals surface area (Å²) in [5, 5.41) is 7.66. The molecule has 1 saturated carbocycles. The van der Waals surface area contributed by atoms with Crippen LogP contribution in [0.3, 0.4) is 0 Å². The highest BCUT2D eigenvalue weighted by atomic mass is 32.2. The van der Waals surface area contributed by atoms with Gasteiger partial charge in [0.25, 0.3) is 0 Å². The van der Waals surface area contributed by atoms with Gasteiger partial charge in [0, 0.05) is 20.9 Å². The molecule has 1 spiro atoms. The van der Waals surface area contributed by atoms with E-state index in [0.29, 0.717) is 23.0 Å². The second-order valence-corrected chi connectivity index (χ2v) is 12.2. The molecule has 2 aromatic carbocycles. The SMILES string of the molecule is C1=CSC(C2Oc3c(ccc4ccccc34)CC23C2C=CCC3CC(c3cccs3)C2)C1. The summed E-state index contributed by atoms with van der Waals surface area (Å²) >= 11 is 3.96. The fourth-order valence-corrected chi connectivity index (χ4v) is 9.15. The van der Waals surface area contributed by atoms with Gasteiger partial charge in [0.2, 0.25) is 0 Å². The largest absolute Gasteiger partial charge is 0.488 e. The van der Waals surface area contributed by atoms with Gasteiger partial charge in [-0.25, -0.2) is 0 Å². The highest BCUT2D eigenvalue weighted by Gasteiger charge is 2.59. The molecule has 3 heterocycles. The Morgan fingerprint density at radius 1 is 0.938 bits per heavy atom. The van der Waals surface area contributed by atoms with Gasteiger partial charge < -0.3 is 4.74 Å². The highest BCUT2D eigenvalue weighted by molar-refractivity contribution is 8.03. The highest BCUT2D eigenvalue weighted by Crippen LogP contribution is 2.63. The van der Waals surface area contributed by atoms with Crippen molar-refractivity contribution < 1.29 is 4.74 Å². The van der Waals surface area contributed by atoms with Gasteiger partial charge in [-0.2, -0.15) is 0 Å². The first-order valence-corrected chi connectivity index (χ1v) is 13.8. The van der Waals surface area contributed by atoms with E-state index in [0.717, 1.165) is 18.6 Å². The predicted molar refractivity (Wildman–Crippen MR) is 137 cm³/mol. The van der Waals surface area contributed by atoms with Crippen LogP contribution in [0, 0.1) is 17.3 Å². The molecular weight excluding hydrogens is 428 g/mol. The Morgan fingerprint density at radius 2 is 1.91 bits per heavy atom. The van der Waals surface area contributed by atoms with E-state index < -0.39 is 0 Å². The summed E-state index contributed by atoms with van der Waals surface area (Å²) in [5.41, 5.74) is 1.64. The molecule has 0 radical (unpaired) electrons. The Balaban J connectivity index is 1.36. The maximum absolute atomic E-state index is 7.19. The number of hydrogen-bond acceptors (Lipinski definition) is 3. The van der Waals surface area contributed by atoms with E-state index in [1.54, 1.807) is 4.88 Å². The van der Waals surface area contributed by atoms with Crippen molar-refractivity contribution in [3.8, 4) is 5.75 Å². The maximum atomic E-state index is 7.19. The molecule has 6 atom stereocenters. The van der Waals surface area contributed by atoms with Gasteiger partial charge in [-0.3, -0.25) is 0 Å². The third kappa shape index (κ3) is 2.83. The third-order valence-corrected chi connectivity index (χ3v) is 10.8. The van der Waals surface area contributed by atoms with E-state index in [9.17, 15) is 0 Å². The molecule has 6 unspecified atom stereocenters. The molecule has 3 heteroatoms.